The summed E-state index contributed by atoms with van der Waals surface area (Å²) >= 11 is 0. The summed E-state index contributed by atoms with van der Waals surface area (Å²) in [5, 5.41) is 8.88. The first kappa shape index (κ1) is 18.5. The molecule has 21 heavy (non-hydrogen) atoms. The van der Waals surface area contributed by atoms with Crippen LogP contribution in [0, 0.1) is 34.5 Å². The summed E-state index contributed by atoms with van der Waals surface area (Å²) in [6.45, 7) is 10.7. The molecule has 0 aromatic rings. The molecular formula is C17H31NO2S. The van der Waals surface area contributed by atoms with Gasteiger partial charge in [0, 0.05) is 0 Å². The van der Waals surface area contributed by atoms with Crippen LogP contribution >= 0.6 is 0 Å². The van der Waals surface area contributed by atoms with E-state index in [2.05, 4.69) is 26.8 Å². The van der Waals surface area contributed by atoms with E-state index in [1.807, 2.05) is 13.8 Å². The second kappa shape index (κ2) is 7.13. The molecule has 1 aliphatic carbocycles. The van der Waals surface area contributed by atoms with E-state index < -0.39 is 15.1 Å². The largest absolute Gasteiger partial charge is 0.229 e. The highest BCUT2D eigenvalue weighted by molar-refractivity contribution is 7.92. The van der Waals surface area contributed by atoms with Crippen molar-refractivity contribution in [1.29, 1.82) is 5.26 Å². The van der Waals surface area contributed by atoms with Crippen molar-refractivity contribution in [3.05, 3.63) is 0 Å². The van der Waals surface area contributed by atoms with Crippen molar-refractivity contribution >= 4 is 9.84 Å². The predicted molar refractivity (Wildman–Crippen MR) is 87.5 cm³/mol. The Morgan fingerprint density at radius 2 is 1.90 bits per heavy atom. The minimum absolute atomic E-state index is 0.159. The van der Waals surface area contributed by atoms with Gasteiger partial charge in [0.15, 0.2) is 9.84 Å². The molecule has 3 unspecified atom stereocenters. The highest BCUT2D eigenvalue weighted by atomic mass is 32.2. The average molecular weight is 314 g/mol. The van der Waals surface area contributed by atoms with E-state index in [0.29, 0.717) is 24.7 Å². The number of sulfone groups is 1. The summed E-state index contributed by atoms with van der Waals surface area (Å²) < 4.78 is 25.3. The van der Waals surface area contributed by atoms with Crippen LogP contribution in [-0.2, 0) is 9.84 Å². The number of nitrogens with zero attached hydrogens (tertiary/aromatic N) is 1. The molecule has 3 nitrogen and oxygen atoms in total. The van der Waals surface area contributed by atoms with Crippen molar-refractivity contribution in [3.63, 3.8) is 0 Å². The van der Waals surface area contributed by atoms with Crippen LogP contribution in [0.2, 0.25) is 0 Å². The molecule has 0 amide bonds. The lowest BCUT2D eigenvalue weighted by molar-refractivity contribution is 0.141. The maximum absolute atomic E-state index is 12.7. The van der Waals surface area contributed by atoms with E-state index >= 15 is 0 Å². The topological polar surface area (TPSA) is 57.9 Å². The Hall–Kier alpha value is -0.560. The molecule has 1 fully saturated rings. The molecule has 1 rings (SSSR count). The molecular weight excluding hydrogens is 282 g/mol. The first-order chi connectivity index (χ1) is 9.64. The third-order valence-corrected chi connectivity index (χ3v) is 7.66. The number of hydrogen-bond donors (Lipinski definition) is 0. The Morgan fingerprint density at radius 3 is 2.38 bits per heavy atom. The molecule has 4 heteroatoms. The summed E-state index contributed by atoms with van der Waals surface area (Å²) in [5.41, 5.74) is 0.159. The van der Waals surface area contributed by atoms with Crippen LogP contribution in [0.25, 0.3) is 0 Å². The summed E-state index contributed by atoms with van der Waals surface area (Å²) in [6, 6.07) is 2.26. The Kier molecular flexibility index (Phi) is 6.28. The normalized spacial score (nSPS) is 27.6. The molecule has 0 spiro atoms. The number of nitriles is 1. The third-order valence-electron chi connectivity index (χ3n) is 5.41. The van der Waals surface area contributed by atoms with Gasteiger partial charge in [-0.3, -0.25) is 0 Å². The molecule has 0 saturated heterocycles. The first-order valence-electron chi connectivity index (χ1n) is 8.25. The fraction of sp³-hybridized carbons (Fsp3) is 0.941. The first-order valence-corrected chi connectivity index (χ1v) is 9.96. The van der Waals surface area contributed by atoms with E-state index in [1.165, 1.54) is 0 Å². The lowest BCUT2D eigenvalue weighted by atomic mass is 9.67. The Labute approximate surface area is 131 Å². The van der Waals surface area contributed by atoms with Crippen LogP contribution in [0.5, 0.6) is 0 Å². The highest BCUT2D eigenvalue weighted by Gasteiger charge is 2.42. The summed E-state index contributed by atoms with van der Waals surface area (Å²) in [7, 11) is -3.16. The van der Waals surface area contributed by atoms with Gasteiger partial charge in [-0.25, -0.2) is 8.42 Å². The Balaban J connectivity index is 2.92. The Bertz CT molecular complexity index is 474. The van der Waals surface area contributed by atoms with Gasteiger partial charge in [0.1, 0.15) is 0 Å². The second-order valence-electron chi connectivity index (χ2n) is 7.68. The maximum Gasteiger partial charge on any atom is 0.154 e. The molecule has 122 valence electrons. The van der Waals surface area contributed by atoms with Crippen LogP contribution in [0.3, 0.4) is 0 Å². The standard InChI is InChI=1S/C17H31NO2S/c1-6-17(4,5)15-8-7-14(12-18)16(11-15)21(19,20)10-9-13(2)3/h13-16H,6-11H2,1-5H3. The van der Waals surface area contributed by atoms with Gasteiger partial charge in [0.25, 0.3) is 0 Å². The fourth-order valence-corrected chi connectivity index (χ4v) is 5.55. The molecule has 0 bridgehead atoms. The smallest absolute Gasteiger partial charge is 0.154 e. The summed E-state index contributed by atoms with van der Waals surface area (Å²) in [4.78, 5) is 0. The summed E-state index contributed by atoms with van der Waals surface area (Å²) in [5.74, 6) is 0.705. The molecule has 0 radical (unpaired) electrons. The minimum atomic E-state index is -3.16. The SMILES string of the molecule is CCC(C)(C)C1CCC(C#N)C(S(=O)(=O)CCC(C)C)C1. The van der Waals surface area contributed by atoms with Crippen LogP contribution in [0.4, 0.5) is 0 Å². The van der Waals surface area contributed by atoms with Crippen LogP contribution < -0.4 is 0 Å². The molecule has 3 atom stereocenters. The van der Waals surface area contributed by atoms with Gasteiger partial charge < -0.3 is 0 Å². The monoisotopic (exact) mass is 313 g/mol. The molecule has 0 aliphatic heterocycles. The van der Waals surface area contributed by atoms with Crippen molar-refractivity contribution < 1.29 is 8.42 Å². The molecule has 1 saturated carbocycles. The lowest BCUT2D eigenvalue weighted by Gasteiger charge is -2.41. The van der Waals surface area contributed by atoms with E-state index in [0.717, 1.165) is 19.3 Å². The fourth-order valence-electron chi connectivity index (χ4n) is 3.22. The lowest BCUT2D eigenvalue weighted by Crippen LogP contribution is -2.41. The molecule has 0 aromatic carbocycles. The van der Waals surface area contributed by atoms with Crippen LogP contribution in [0.1, 0.15) is 66.7 Å². The Morgan fingerprint density at radius 1 is 1.29 bits per heavy atom. The zero-order valence-corrected chi connectivity index (χ0v) is 15.0. The van der Waals surface area contributed by atoms with Gasteiger partial charge in [-0.1, -0.05) is 41.0 Å². The zero-order valence-electron chi connectivity index (χ0n) is 14.2. The highest BCUT2D eigenvalue weighted by Crippen LogP contribution is 2.44. The van der Waals surface area contributed by atoms with Gasteiger partial charge in [-0.05, 0) is 42.9 Å². The molecule has 1 aliphatic rings. The molecule has 0 aromatic heterocycles. The minimum Gasteiger partial charge on any atom is -0.229 e. The molecule has 0 N–H and O–H groups in total. The van der Waals surface area contributed by atoms with E-state index in [-0.39, 0.29) is 17.1 Å². The van der Waals surface area contributed by atoms with E-state index in [4.69, 9.17) is 0 Å². The van der Waals surface area contributed by atoms with Crippen molar-refractivity contribution in [2.75, 3.05) is 5.75 Å². The van der Waals surface area contributed by atoms with Gasteiger partial charge >= 0.3 is 0 Å². The van der Waals surface area contributed by atoms with E-state index in [1.54, 1.807) is 0 Å². The average Bonchev–Trinajstić information content (AvgIpc) is 2.44. The van der Waals surface area contributed by atoms with Crippen molar-refractivity contribution in [3.8, 4) is 6.07 Å². The second-order valence-corrected chi connectivity index (χ2v) is 10.0. The van der Waals surface area contributed by atoms with Crippen molar-refractivity contribution in [2.45, 2.75) is 72.0 Å². The summed E-state index contributed by atoms with van der Waals surface area (Å²) in [6.07, 6.45) is 4.12. The van der Waals surface area contributed by atoms with Gasteiger partial charge in [0.2, 0.25) is 0 Å². The van der Waals surface area contributed by atoms with Gasteiger partial charge in [0.05, 0.1) is 23.0 Å². The van der Waals surface area contributed by atoms with Crippen LogP contribution in [-0.4, -0.2) is 19.4 Å². The molecule has 0 heterocycles. The van der Waals surface area contributed by atoms with E-state index in [9.17, 15) is 13.7 Å². The zero-order chi connectivity index (χ0) is 16.3. The van der Waals surface area contributed by atoms with Crippen LogP contribution in [0.15, 0.2) is 0 Å². The van der Waals surface area contributed by atoms with Gasteiger partial charge in [-0.15, -0.1) is 0 Å². The van der Waals surface area contributed by atoms with Crippen molar-refractivity contribution in [1.82, 2.24) is 0 Å². The maximum atomic E-state index is 12.7. The number of rotatable bonds is 6. The van der Waals surface area contributed by atoms with Gasteiger partial charge in [-0.2, -0.15) is 5.26 Å². The quantitative estimate of drug-likeness (QED) is 0.738. The predicted octanol–water partition coefficient (Wildman–Crippen LogP) is 4.19. The number of hydrogen-bond acceptors (Lipinski definition) is 3. The third kappa shape index (κ3) is 4.71. The van der Waals surface area contributed by atoms with Crippen molar-refractivity contribution in [2.24, 2.45) is 23.2 Å².